The highest BCUT2D eigenvalue weighted by Crippen LogP contribution is 2.38. The SMILES string of the molecule is CC(=O)O[C@H]1OC(CO)[C@H](O[C@@H]2OC(C)[C@@H](C)[C@@H](OCc3ccccc3)C2C)[C@H](C)C1N=[N+]=[N-]. The van der Waals surface area contributed by atoms with Crippen molar-refractivity contribution in [2.75, 3.05) is 6.61 Å². The summed E-state index contributed by atoms with van der Waals surface area (Å²) in [5.41, 5.74) is 10.1. The van der Waals surface area contributed by atoms with Crippen LogP contribution in [0.1, 0.15) is 40.2 Å². The molecule has 4 unspecified atom stereocenters. The Kier molecular flexibility index (Phi) is 9.30. The van der Waals surface area contributed by atoms with Gasteiger partial charge >= 0.3 is 5.97 Å². The van der Waals surface area contributed by atoms with Crippen LogP contribution in [0.15, 0.2) is 35.4 Å². The molecule has 10 heteroatoms. The number of carbonyl (C=O) groups excluding carboxylic acids is 1. The zero-order chi connectivity index (χ0) is 24.8. The minimum Gasteiger partial charge on any atom is -0.435 e. The summed E-state index contributed by atoms with van der Waals surface area (Å²) < 4.78 is 29.9. The number of rotatable bonds is 8. The first-order valence-corrected chi connectivity index (χ1v) is 11.7. The van der Waals surface area contributed by atoms with Gasteiger partial charge in [-0.25, -0.2) is 0 Å². The van der Waals surface area contributed by atoms with Crippen LogP contribution >= 0.6 is 0 Å². The van der Waals surface area contributed by atoms with E-state index in [1.807, 2.05) is 51.1 Å². The lowest BCUT2D eigenvalue weighted by atomic mass is 9.85. The van der Waals surface area contributed by atoms with Gasteiger partial charge in [0.2, 0.25) is 6.29 Å². The summed E-state index contributed by atoms with van der Waals surface area (Å²) in [5.74, 6) is -0.973. The molecule has 0 bridgehead atoms. The van der Waals surface area contributed by atoms with Crippen LogP contribution in [0.5, 0.6) is 0 Å². The molecule has 10 atom stereocenters. The number of aliphatic hydroxyl groups is 1. The summed E-state index contributed by atoms with van der Waals surface area (Å²) in [6, 6.07) is 9.15. The zero-order valence-electron chi connectivity index (χ0n) is 20.3. The summed E-state index contributed by atoms with van der Waals surface area (Å²) in [7, 11) is 0. The molecular weight excluding hydrogens is 442 g/mol. The predicted octanol–water partition coefficient (Wildman–Crippen LogP) is 3.57. The van der Waals surface area contributed by atoms with E-state index >= 15 is 0 Å². The molecule has 2 aliphatic heterocycles. The highest BCUT2D eigenvalue weighted by molar-refractivity contribution is 5.66. The van der Waals surface area contributed by atoms with Crippen molar-refractivity contribution >= 4 is 5.97 Å². The van der Waals surface area contributed by atoms with Crippen LogP contribution < -0.4 is 0 Å². The number of hydrogen-bond donors (Lipinski definition) is 1. The van der Waals surface area contributed by atoms with Crippen molar-refractivity contribution in [1.82, 2.24) is 0 Å². The third-order valence-corrected chi connectivity index (χ3v) is 6.79. The fraction of sp³-hybridized carbons (Fsp3) is 0.708. The highest BCUT2D eigenvalue weighted by atomic mass is 16.7. The topological polar surface area (TPSA) is 132 Å². The van der Waals surface area contributed by atoms with Gasteiger partial charge in [0, 0.05) is 23.7 Å². The second-order valence-corrected chi connectivity index (χ2v) is 9.18. The number of esters is 1. The molecule has 188 valence electrons. The Balaban J connectivity index is 1.75. The van der Waals surface area contributed by atoms with Gasteiger partial charge in [0.25, 0.3) is 0 Å². The lowest BCUT2D eigenvalue weighted by molar-refractivity contribution is -0.321. The molecule has 1 aromatic rings. The largest absolute Gasteiger partial charge is 0.435 e. The van der Waals surface area contributed by atoms with Crippen molar-refractivity contribution in [1.29, 1.82) is 0 Å². The van der Waals surface area contributed by atoms with Crippen LogP contribution in [-0.2, 0) is 35.1 Å². The molecule has 0 saturated carbocycles. The minimum absolute atomic E-state index is 0.120. The van der Waals surface area contributed by atoms with Crippen molar-refractivity contribution in [2.45, 2.75) is 84.3 Å². The van der Waals surface area contributed by atoms with Crippen molar-refractivity contribution in [3.8, 4) is 0 Å². The van der Waals surface area contributed by atoms with Gasteiger partial charge in [0.1, 0.15) is 12.1 Å². The molecule has 10 nitrogen and oxygen atoms in total. The van der Waals surface area contributed by atoms with Crippen molar-refractivity contribution < 1.29 is 33.6 Å². The second-order valence-electron chi connectivity index (χ2n) is 9.18. The first-order valence-electron chi connectivity index (χ1n) is 11.7. The van der Waals surface area contributed by atoms with Gasteiger partial charge in [-0.15, -0.1) is 0 Å². The summed E-state index contributed by atoms with van der Waals surface area (Å²) in [5, 5.41) is 13.8. The van der Waals surface area contributed by atoms with Crippen LogP contribution in [0.2, 0.25) is 0 Å². The van der Waals surface area contributed by atoms with E-state index in [9.17, 15) is 9.90 Å². The Hall–Kier alpha value is -2.20. The first kappa shape index (κ1) is 26.4. The molecule has 34 heavy (non-hydrogen) atoms. The molecule has 0 aromatic heterocycles. The van der Waals surface area contributed by atoms with E-state index in [2.05, 4.69) is 16.9 Å². The third-order valence-electron chi connectivity index (χ3n) is 6.79. The van der Waals surface area contributed by atoms with Gasteiger partial charge in [0.05, 0.1) is 31.5 Å². The second kappa shape index (κ2) is 12.0. The fourth-order valence-corrected chi connectivity index (χ4v) is 4.69. The van der Waals surface area contributed by atoms with Gasteiger partial charge < -0.3 is 28.8 Å². The standard InChI is InChI=1S/C24H35N3O7/c1-13-16(4)31-23(15(3)21(13)30-12-18-9-7-6-8-10-18)34-22-14(2)20(26-27-25)24(32-17(5)29)33-19(22)11-28/h6-10,13-16,19-24,28H,11-12H2,1-5H3/t13-,14-,15?,16?,19?,20?,21-,22-,23+,24+/m1/s1. The van der Waals surface area contributed by atoms with Crippen LogP contribution in [-0.4, -0.2) is 60.7 Å². The minimum atomic E-state index is -1.11. The van der Waals surface area contributed by atoms with E-state index in [0.717, 1.165) is 5.56 Å². The molecule has 2 aliphatic rings. The number of hydrogen-bond acceptors (Lipinski definition) is 8. The number of carbonyl (C=O) groups is 1. The van der Waals surface area contributed by atoms with E-state index in [1.165, 1.54) is 6.92 Å². The molecule has 2 heterocycles. The average Bonchev–Trinajstić information content (AvgIpc) is 2.81. The molecule has 1 N–H and O–H groups in total. The number of azide groups is 1. The molecular formula is C24H35N3O7. The maximum Gasteiger partial charge on any atom is 0.304 e. The van der Waals surface area contributed by atoms with Gasteiger partial charge in [-0.3, -0.25) is 4.79 Å². The molecule has 2 fully saturated rings. The van der Waals surface area contributed by atoms with Crippen LogP contribution in [0.25, 0.3) is 10.4 Å². The van der Waals surface area contributed by atoms with Crippen LogP contribution in [0, 0.1) is 17.8 Å². The third kappa shape index (κ3) is 6.07. The Morgan fingerprint density at radius 3 is 2.38 bits per heavy atom. The Morgan fingerprint density at radius 1 is 1.06 bits per heavy atom. The van der Waals surface area contributed by atoms with Gasteiger partial charge in [-0.2, -0.15) is 0 Å². The quantitative estimate of drug-likeness (QED) is 0.262. The zero-order valence-corrected chi connectivity index (χ0v) is 20.3. The molecule has 0 aliphatic carbocycles. The maximum atomic E-state index is 11.5. The molecule has 0 spiro atoms. The Morgan fingerprint density at radius 2 is 1.76 bits per heavy atom. The fourth-order valence-electron chi connectivity index (χ4n) is 4.69. The normalized spacial score (nSPS) is 38.1. The molecule has 0 radical (unpaired) electrons. The maximum absolute atomic E-state index is 11.5. The molecule has 0 amide bonds. The summed E-state index contributed by atoms with van der Waals surface area (Å²) in [4.78, 5) is 14.4. The Labute approximate surface area is 200 Å². The van der Waals surface area contributed by atoms with Crippen molar-refractivity contribution in [3.05, 3.63) is 46.3 Å². The average molecular weight is 478 g/mol. The number of benzene rings is 1. The monoisotopic (exact) mass is 477 g/mol. The molecule has 2 saturated heterocycles. The van der Waals surface area contributed by atoms with E-state index in [1.54, 1.807) is 0 Å². The van der Waals surface area contributed by atoms with Crippen molar-refractivity contribution in [3.63, 3.8) is 0 Å². The molecule has 3 rings (SSSR count). The summed E-state index contributed by atoms with van der Waals surface area (Å²) in [6.45, 7) is 9.26. The number of nitrogens with zero attached hydrogens (tertiary/aromatic N) is 3. The van der Waals surface area contributed by atoms with Crippen LogP contribution in [0.4, 0.5) is 0 Å². The van der Waals surface area contributed by atoms with Crippen LogP contribution in [0.3, 0.4) is 0 Å². The number of ether oxygens (including phenoxy) is 5. The van der Waals surface area contributed by atoms with Gasteiger partial charge in [-0.05, 0) is 23.9 Å². The van der Waals surface area contributed by atoms with E-state index < -0.39 is 42.7 Å². The van der Waals surface area contributed by atoms with Gasteiger partial charge in [0.15, 0.2) is 6.29 Å². The lowest BCUT2D eigenvalue weighted by Gasteiger charge is -2.48. The summed E-state index contributed by atoms with van der Waals surface area (Å²) in [6.07, 6.45) is -3.44. The highest BCUT2D eigenvalue weighted by Gasteiger charge is 2.49. The molecule has 1 aromatic carbocycles. The Bertz CT molecular complexity index is 850. The predicted molar refractivity (Wildman–Crippen MR) is 122 cm³/mol. The van der Waals surface area contributed by atoms with E-state index in [0.29, 0.717) is 6.61 Å². The smallest absolute Gasteiger partial charge is 0.304 e. The van der Waals surface area contributed by atoms with E-state index in [4.69, 9.17) is 29.2 Å². The number of aliphatic hydroxyl groups excluding tert-OH is 1. The first-order chi connectivity index (χ1) is 16.3. The van der Waals surface area contributed by atoms with E-state index in [-0.39, 0.29) is 30.7 Å². The van der Waals surface area contributed by atoms with Crippen molar-refractivity contribution in [2.24, 2.45) is 22.9 Å². The lowest BCUT2D eigenvalue weighted by Crippen LogP contribution is -2.59. The van der Waals surface area contributed by atoms with Gasteiger partial charge in [-0.1, -0.05) is 56.2 Å². The summed E-state index contributed by atoms with van der Waals surface area (Å²) >= 11 is 0.